The number of hydrogen-bond acceptors (Lipinski definition) is 5. The molecule has 0 saturated carbocycles. The Bertz CT molecular complexity index is 833. The van der Waals surface area contributed by atoms with Crippen LogP contribution in [0.3, 0.4) is 0 Å². The van der Waals surface area contributed by atoms with Gasteiger partial charge in [-0.25, -0.2) is 4.98 Å². The van der Waals surface area contributed by atoms with Gasteiger partial charge < -0.3 is 10.2 Å². The second-order valence-corrected chi connectivity index (χ2v) is 6.64. The predicted molar refractivity (Wildman–Crippen MR) is 107 cm³/mol. The Labute approximate surface area is 155 Å². The van der Waals surface area contributed by atoms with Crippen LogP contribution in [-0.4, -0.2) is 28.5 Å². The summed E-state index contributed by atoms with van der Waals surface area (Å²) in [7, 11) is 2.02. The number of hydrogen-bond donors (Lipinski definition) is 1. The van der Waals surface area contributed by atoms with Gasteiger partial charge in [-0.2, -0.15) is 4.98 Å². The van der Waals surface area contributed by atoms with Crippen LogP contribution in [0, 0.1) is 0 Å². The number of anilines is 3. The minimum atomic E-state index is 0.447. The summed E-state index contributed by atoms with van der Waals surface area (Å²) in [6.45, 7) is 5.23. The Morgan fingerprint density at radius 1 is 1.00 bits per heavy atom. The maximum atomic E-state index is 4.67. The molecule has 5 heteroatoms. The highest BCUT2D eigenvalue weighted by molar-refractivity contribution is 5.61. The van der Waals surface area contributed by atoms with Crippen LogP contribution in [0.1, 0.15) is 30.9 Å². The number of nitrogens with one attached hydrogen (secondary N) is 1. The van der Waals surface area contributed by atoms with Crippen molar-refractivity contribution in [3.05, 3.63) is 72.2 Å². The molecule has 0 fully saturated rings. The first-order valence-electron chi connectivity index (χ1n) is 8.92. The lowest BCUT2D eigenvalue weighted by molar-refractivity contribution is 0.837. The summed E-state index contributed by atoms with van der Waals surface area (Å²) < 4.78 is 0. The lowest BCUT2D eigenvalue weighted by Crippen LogP contribution is -2.22. The number of pyridine rings is 1. The number of rotatable bonds is 7. The highest BCUT2D eigenvalue weighted by Gasteiger charge is 2.09. The number of benzene rings is 1. The molecule has 0 unspecified atom stereocenters. The maximum Gasteiger partial charge on any atom is 0.227 e. The monoisotopic (exact) mass is 347 g/mol. The van der Waals surface area contributed by atoms with E-state index in [9.17, 15) is 0 Å². The van der Waals surface area contributed by atoms with Gasteiger partial charge in [0.1, 0.15) is 5.82 Å². The van der Waals surface area contributed by atoms with E-state index in [1.165, 1.54) is 11.1 Å². The number of para-hydroxylation sites is 1. The van der Waals surface area contributed by atoms with Crippen molar-refractivity contribution in [3.63, 3.8) is 0 Å². The van der Waals surface area contributed by atoms with Crippen molar-refractivity contribution in [2.75, 3.05) is 23.8 Å². The molecule has 5 nitrogen and oxygen atoms in total. The van der Waals surface area contributed by atoms with Crippen LogP contribution in [0.25, 0.3) is 0 Å². The molecule has 1 N–H and O–H groups in total. The second kappa shape index (κ2) is 8.43. The molecule has 0 spiro atoms. The molecule has 0 bridgehead atoms. The molecule has 0 amide bonds. The van der Waals surface area contributed by atoms with E-state index >= 15 is 0 Å². The molecule has 0 aliphatic rings. The smallest absolute Gasteiger partial charge is 0.227 e. The molecule has 0 saturated heterocycles. The van der Waals surface area contributed by atoms with Crippen LogP contribution in [-0.2, 0) is 6.42 Å². The van der Waals surface area contributed by atoms with Gasteiger partial charge in [-0.1, -0.05) is 32.0 Å². The zero-order chi connectivity index (χ0) is 18.4. The van der Waals surface area contributed by atoms with E-state index < -0.39 is 0 Å². The largest absolute Gasteiger partial charge is 0.343 e. The maximum absolute atomic E-state index is 4.67. The van der Waals surface area contributed by atoms with Gasteiger partial charge in [-0.15, -0.1) is 0 Å². The zero-order valence-electron chi connectivity index (χ0n) is 15.6. The first kappa shape index (κ1) is 17.9. The Balaban J connectivity index is 1.70. The van der Waals surface area contributed by atoms with Gasteiger partial charge in [0.05, 0.1) is 0 Å². The Morgan fingerprint density at radius 2 is 1.77 bits per heavy atom. The van der Waals surface area contributed by atoms with Crippen LogP contribution in [0.15, 0.2) is 61.1 Å². The quantitative estimate of drug-likeness (QED) is 0.686. The van der Waals surface area contributed by atoms with Gasteiger partial charge in [0.25, 0.3) is 0 Å². The Hall–Kier alpha value is -2.95. The van der Waals surface area contributed by atoms with E-state index in [0.717, 1.165) is 24.5 Å². The van der Waals surface area contributed by atoms with Crippen molar-refractivity contribution in [2.24, 2.45) is 0 Å². The van der Waals surface area contributed by atoms with Crippen molar-refractivity contribution in [3.8, 4) is 0 Å². The molecule has 0 radical (unpaired) electrons. The fourth-order valence-electron chi connectivity index (χ4n) is 2.80. The summed E-state index contributed by atoms with van der Waals surface area (Å²) in [5.74, 6) is 1.97. The zero-order valence-corrected chi connectivity index (χ0v) is 15.6. The minimum Gasteiger partial charge on any atom is -0.343 e. The minimum absolute atomic E-state index is 0.447. The molecule has 26 heavy (non-hydrogen) atoms. The van der Waals surface area contributed by atoms with Crippen LogP contribution >= 0.6 is 0 Å². The standard InChI is InChI=1S/C21H25N5/c1-16(2)18-6-4-5-7-19(18)24-20-10-14-23-21(25-20)26(3)15-11-17-8-12-22-13-9-17/h4-10,12-14,16H,11,15H2,1-3H3,(H,23,24,25). The van der Waals surface area contributed by atoms with Crippen LogP contribution in [0.5, 0.6) is 0 Å². The molecule has 2 aromatic heterocycles. The van der Waals surface area contributed by atoms with Gasteiger partial charge in [0, 0.05) is 37.9 Å². The van der Waals surface area contributed by atoms with Crippen LogP contribution in [0.4, 0.5) is 17.5 Å². The molecule has 0 aliphatic carbocycles. The lowest BCUT2D eigenvalue weighted by atomic mass is 10.0. The highest BCUT2D eigenvalue weighted by Crippen LogP contribution is 2.26. The Kier molecular flexibility index (Phi) is 5.79. The average Bonchev–Trinajstić information content (AvgIpc) is 2.67. The van der Waals surface area contributed by atoms with E-state index in [1.54, 1.807) is 6.20 Å². The lowest BCUT2D eigenvalue weighted by Gasteiger charge is -2.18. The molecule has 1 aromatic carbocycles. The fourth-order valence-corrected chi connectivity index (χ4v) is 2.80. The molecule has 134 valence electrons. The van der Waals surface area contributed by atoms with Gasteiger partial charge in [0.15, 0.2) is 0 Å². The van der Waals surface area contributed by atoms with Crippen LogP contribution in [0.2, 0.25) is 0 Å². The van der Waals surface area contributed by atoms with Crippen molar-refractivity contribution in [1.29, 1.82) is 0 Å². The first-order valence-corrected chi connectivity index (χ1v) is 8.92. The predicted octanol–water partition coefficient (Wildman–Crippen LogP) is 4.42. The summed E-state index contributed by atoms with van der Waals surface area (Å²) in [6.07, 6.45) is 6.37. The van der Waals surface area contributed by atoms with E-state index in [2.05, 4.69) is 57.2 Å². The molecule has 0 atom stereocenters. The summed E-state index contributed by atoms with van der Waals surface area (Å²) >= 11 is 0. The van der Waals surface area contributed by atoms with Crippen molar-refractivity contribution in [2.45, 2.75) is 26.2 Å². The van der Waals surface area contributed by atoms with Crippen molar-refractivity contribution >= 4 is 17.5 Å². The second-order valence-electron chi connectivity index (χ2n) is 6.64. The summed E-state index contributed by atoms with van der Waals surface area (Å²) in [6, 6.07) is 14.3. The number of nitrogens with zero attached hydrogens (tertiary/aromatic N) is 4. The fraction of sp³-hybridized carbons (Fsp3) is 0.286. The molecular formula is C21H25N5. The highest BCUT2D eigenvalue weighted by atomic mass is 15.2. The third kappa shape index (κ3) is 4.57. The van der Waals surface area contributed by atoms with Crippen LogP contribution < -0.4 is 10.2 Å². The number of likely N-dealkylation sites (N-methyl/N-ethyl adjacent to an activating group) is 1. The van der Waals surface area contributed by atoms with E-state index in [-0.39, 0.29) is 0 Å². The van der Waals surface area contributed by atoms with E-state index in [0.29, 0.717) is 11.9 Å². The molecule has 0 aliphatic heterocycles. The first-order chi connectivity index (χ1) is 12.6. The van der Waals surface area contributed by atoms with Gasteiger partial charge in [-0.3, -0.25) is 4.98 Å². The SMILES string of the molecule is CC(C)c1ccccc1Nc1ccnc(N(C)CCc2ccncc2)n1. The Morgan fingerprint density at radius 3 is 2.54 bits per heavy atom. The summed E-state index contributed by atoms with van der Waals surface area (Å²) in [5, 5.41) is 3.44. The van der Waals surface area contributed by atoms with E-state index in [1.807, 2.05) is 43.7 Å². The molecular weight excluding hydrogens is 322 g/mol. The normalized spacial score (nSPS) is 10.8. The summed E-state index contributed by atoms with van der Waals surface area (Å²) in [5.41, 5.74) is 3.62. The molecule has 2 heterocycles. The summed E-state index contributed by atoms with van der Waals surface area (Å²) in [4.78, 5) is 15.2. The van der Waals surface area contributed by atoms with Gasteiger partial charge in [0.2, 0.25) is 5.95 Å². The van der Waals surface area contributed by atoms with Crippen molar-refractivity contribution < 1.29 is 0 Å². The number of aromatic nitrogens is 3. The van der Waals surface area contributed by atoms with Gasteiger partial charge >= 0.3 is 0 Å². The third-order valence-electron chi connectivity index (χ3n) is 4.32. The molecule has 3 aromatic rings. The topological polar surface area (TPSA) is 53.9 Å². The van der Waals surface area contributed by atoms with Gasteiger partial charge in [-0.05, 0) is 47.7 Å². The average molecular weight is 347 g/mol. The van der Waals surface area contributed by atoms with Crippen molar-refractivity contribution in [1.82, 2.24) is 15.0 Å². The van der Waals surface area contributed by atoms with E-state index in [4.69, 9.17) is 0 Å². The third-order valence-corrected chi connectivity index (χ3v) is 4.32. The molecule has 3 rings (SSSR count).